The Hall–Kier alpha value is -4.41. The summed E-state index contributed by atoms with van der Waals surface area (Å²) in [5, 5.41) is 29.0. The Bertz CT molecular complexity index is 1720. The molecule has 0 spiro atoms. The molecule has 2 N–H and O–H groups in total. The molecule has 2 aliphatic rings. The van der Waals surface area contributed by atoms with Gasteiger partial charge in [-0.15, -0.1) is 0 Å². The van der Waals surface area contributed by atoms with Crippen molar-refractivity contribution in [3.63, 3.8) is 0 Å². The van der Waals surface area contributed by atoms with E-state index in [0.717, 1.165) is 59.9 Å². The number of phenols is 1. The molecule has 0 radical (unpaired) electrons. The monoisotopic (exact) mass is 607 g/mol. The summed E-state index contributed by atoms with van der Waals surface area (Å²) in [5.41, 5.74) is 0.918. The highest BCUT2D eigenvalue weighted by Crippen LogP contribution is 2.34. The fraction of sp³-hybridized carbons (Fsp3) is 0.367. The maximum atomic E-state index is 14.5. The Morgan fingerprint density at radius 3 is 2.44 bits per heavy atom. The maximum absolute atomic E-state index is 14.5. The third-order valence-corrected chi connectivity index (χ3v) is 10.0. The van der Waals surface area contributed by atoms with Gasteiger partial charge in [0.2, 0.25) is 15.9 Å². The summed E-state index contributed by atoms with van der Waals surface area (Å²) in [5.74, 6) is -3.12. The molecule has 1 amide bonds. The lowest BCUT2D eigenvalue weighted by Gasteiger charge is -2.41. The number of sulfonamides is 1. The molecule has 1 saturated heterocycles. The summed E-state index contributed by atoms with van der Waals surface area (Å²) in [6, 6.07) is 6.15. The van der Waals surface area contributed by atoms with E-state index in [9.17, 15) is 37.9 Å². The first-order chi connectivity index (χ1) is 20.5. The van der Waals surface area contributed by atoms with Crippen LogP contribution in [0.4, 0.5) is 10.1 Å². The zero-order valence-electron chi connectivity index (χ0n) is 23.4. The molecule has 2 heterocycles. The minimum absolute atomic E-state index is 0.0109. The van der Waals surface area contributed by atoms with Crippen molar-refractivity contribution < 1.29 is 32.6 Å². The van der Waals surface area contributed by atoms with Gasteiger partial charge in [0, 0.05) is 36.0 Å². The average Bonchev–Trinajstić information content (AvgIpc) is 2.96. The van der Waals surface area contributed by atoms with Crippen LogP contribution in [-0.2, 0) is 21.4 Å². The molecule has 1 aliphatic heterocycles. The summed E-state index contributed by atoms with van der Waals surface area (Å²) in [7, 11) is -4.36. The summed E-state index contributed by atoms with van der Waals surface area (Å²) >= 11 is 0. The van der Waals surface area contributed by atoms with Crippen molar-refractivity contribution in [3.05, 3.63) is 76.6 Å². The molecule has 1 aromatic heterocycles. The first-order valence-electron chi connectivity index (χ1n) is 13.9. The molecule has 1 saturated carbocycles. The molecule has 0 bridgehead atoms. The van der Waals surface area contributed by atoms with Crippen molar-refractivity contribution in [1.29, 1.82) is 5.26 Å². The van der Waals surface area contributed by atoms with Gasteiger partial charge in [-0.25, -0.2) is 17.6 Å². The number of aromatic nitrogens is 2. The number of carboxylic acids is 1. The Balaban J connectivity index is 1.46. The quantitative estimate of drug-likeness (QED) is 0.381. The third kappa shape index (κ3) is 5.93. The van der Waals surface area contributed by atoms with Crippen molar-refractivity contribution in [3.8, 4) is 11.8 Å². The molecule has 1 aliphatic carbocycles. The highest BCUT2D eigenvalue weighted by molar-refractivity contribution is 7.89. The highest BCUT2D eigenvalue weighted by atomic mass is 32.2. The van der Waals surface area contributed by atoms with Gasteiger partial charge in [0.05, 0.1) is 40.7 Å². The Morgan fingerprint density at radius 2 is 1.86 bits per heavy atom. The van der Waals surface area contributed by atoms with Gasteiger partial charge in [-0.1, -0.05) is 19.3 Å². The van der Waals surface area contributed by atoms with E-state index in [1.807, 2.05) is 0 Å². The van der Waals surface area contributed by atoms with Gasteiger partial charge >= 0.3 is 5.97 Å². The number of carboxylic acid groups (broad SMARTS) is 1. The summed E-state index contributed by atoms with van der Waals surface area (Å²) in [4.78, 5) is 35.3. The number of aromatic carboxylic acids is 1. The smallest absolute Gasteiger partial charge is 0.339 e. The van der Waals surface area contributed by atoms with Crippen LogP contribution in [0, 0.1) is 24.1 Å². The number of aromatic hydroxyl groups is 1. The standard InChI is InChI=1S/C30H30FN5O6S/c1-18-20(14-32)11-23(13-25(18)31)43(41,42)36-10-9-27(36)29(38)35(22-7-8-24(30(39)40)28(37)12-22)17-21-15-34-26(16-33-21)19-5-3-2-4-6-19/h7-8,11-13,15-16,19,27,37H,2-6,9-10,17H2,1H3,(H,39,40)/t27-/m1/s1. The van der Waals surface area contributed by atoms with Gasteiger partial charge < -0.3 is 15.1 Å². The molecule has 11 nitrogen and oxygen atoms in total. The van der Waals surface area contributed by atoms with Crippen LogP contribution in [0.25, 0.3) is 0 Å². The molecule has 3 aromatic rings. The first-order valence-corrected chi connectivity index (χ1v) is 15.4. The van der Waals surface area contributed by atoms with E-state index in [1.54, 1.807) is 18.5 Å². The Labute approximate surface area is 248 Å². The van der Waals surface area contributed by atoms with Crippen molar-refractivity contribution in [2.45, 2.75) is 68.8 Å². The molecular formula is C30H30FN5O6S. The van der Waals surface area contributed by atoms with Crippen molar-refractivity contribution in [2.24, 2.45) is 0 Å². The van der Waals surface area contributed by atoms with Gasteiger partial charge in [0.1, 0.15) is 23.2 Å². The molecule has 13 heteroatoms. The second-order valence-corrected chi connectivity index (χ2v) is 12.7. The lowest BCUT2D eigenvalue weighted by Crippen LogP contribution is -2.59. The third-order valence-electron chi connectivity index (χ3n) is 8.16. The zero-order chi connectivity index (χ0) is 30.9. The molecule has 1 atom stereocenters. The summed E-state index contributed by atoms with van der Waals surface area (Å²) < 4.78 is 42.4. The van der Waals surface area contributed by atoms with Crippen LogP contribution < -0.4 is 4.90 Å². The predicted octanol–water partition coefficient (Wildman–Crippen LogP) is 4.24. The number of carbonyl (C=O) groups excluding carboxylic acids is 1. The van der Waals surface area contributed by atoms with Crippen molar-refractivity contribution in [1.82, 2.24) is 14.3 Å². The van der Waals surface area contributed by atoms with E-state index < -0.39 is 44.4 Å². The molecule has 0 unspecified atom stereocenters. The molecule has 224 valence electrons. The lowest BCUT2D eigenvalue weighted by atomic mass is 9.87. The number of benzene rings is 2. The Kier molecular flexibility index (Phi) is 8.43. The van der Waals surface area contributed by atoms with Crippen LogP contribution in [-0.4, -0.2) is 57.4 Å². The lowest BCUT2D eigenvalue weighted by molar-refractivity contribution is -0.125. The van der Waals surface area contributed by atoms with Gasteiger partial charge in [0.25, 0.3) is 0 Å². The number of nitrogens with zero attached hydrogens (tertiary/aromatic N) is 5. The van der Waals surface area contributed by atoms with E-state index in [0.29, 0.717) is 11.6 Å². The van der Waals surface area contributed by atoms with E-state index in [1.165, 1.54) is 24.3 Å². The fourth-order valence-electron chi connectivity index (χ4n) is 5.52. The molecule has 2 aromatic carbocycles. The van der Waals surface area contributed by atoms with E-state index in [-0.39, 0.29) is 41.9 Å². The number of rotatable bonds is 8. The molecule has 5 rings (SSSR count). The van der Waals surface area contributed by atoms with Crippen LogP contribution in [0.15, 0.2) is 47.6 Å². The summed E-state index contributed by atoms with van der Waals surface area (Å²) in [6.45, 7) is 1.22. The molecular weight excluding hydrogens is 577 g/mol. The van der Waals surface area contributed by atoms with E-state index in [2.05, 4.69) is 9.97 Å². The number of hydrogen-bond acceptors (Lipinski definition) is 8. The van der Waals surface area contributed by atoms with E-state index in [4.69, 9.17) is 0 Å². The van der Waals surface area contributed by atoms with Crippen LogP contribution >= 0.6 is 0 Å². The number of halogens is 1. The fourth-order valence-corrected chi connectivity index (χ4v) is 7.18. The van der Waals surface area contributed by atoms with Crippen molar-refractivity contribution in [2.75, 3.05) is 11.4 Å². The van der Waals surface area contributed by atoms with Crippen LogP contribution in [0.5, 0.6) is 5.75 Å². The number of carbonyl (C=O) groups is 2. The maximum Gasteiger partial charge on any atom is 0.339 e. The number of nitriles is 1. The first kappa shape index (κ1) is 30.1. The molecule has 2 fully saturated rings. The number of anilines is 1. The minimum atomic E-state index is -4.36. The van der Waals surface area contributed by atoms with Gasteiger partial charge in [-0.05, 0) is 50.5 Å². The molecule has 43 heavy (non-hydrogen) atoms. The van der Waals surface area contributed by atoms with Crippen LogP contribution in [0.2, 0.25) is 0 Å². The van der Waals surface area contributed by atoms with Crippen LogP contribution in [0.1, 0.15) is 77.3 Å². The minimum Gasteiger partial charge on any atom is -0.507 e. The largest absolute Gasteiger partial charge is 0.507 e. The second kappa shape index (κ2) is 12.1. The average molecular weight is 608 g/mol. The highest BCUT2D eigenvalue weighted by Gasteiger charge is 2.45. The zero-order valence-corrected chi connectivity index (χ0v) is 24.2. The number of hydrogen-bond donors (Lipinski definition) is 2. The topological polar surface area (TPSA) is 165 Å². The second-order valence-electron chi connectivity index (χ2n) is 10.8. The summed E-state index contributed by atoms with van der Waals surface area (Å²) in [6.07, 6.45) is 8.90. The van der Waals surface area contributed by atoms with Gasteiger partial charge in [-0.2, -0.15) is 9.57 Å². The normalized spacial score (nSPS) is 17.6. The van der Waals surface area contributed by atoms with Gasteiger partial charge in [0.15, 0.2) is 0 Å². The van der Waals surface area contributed by atoms with Crippen molar-refractivity contribution >= 4 is 27.6 Å². The number of amides is 1. The predicted molar refractivity (Wildman–Crippen MR) is 152 cm³/mol. The van der Waals surface area contributed by atoms with Crippen LogP contribution in [0.3, 0.4) is 0 Å². The Morgan fingerprint density at radius 1 is 1.12 bits per heavy atom. The van der Waals surface area contributed by atoms with Gasteiger partial charge in [-0.3, -0.25) is 14.8 Å². The van der Waals surface area contributed by atoms with E-state index >= 15 is 0 Å². The SMILES string of the molecule is Cc1c(F)cc(S(=O)(=O)N2CC[C@@H]2C(=O)N(Cc2cnc(C3CCCCC3)cn2)c2ccc(C(=O)O)c(O)c2)cc1C#N.